The number of amides is 1. The molecule has 136 valence electrons. The SMILES string of the molecule is CCC(C(=O)Nc1cccc(Cn2cccn2)c1)n1nc(C)c(Cl)c1C. The third-order valence-electron chi connectivity index (χ3n) is 4.32. The molecule has 2 aromatic heterocycles. The van der Waals surface area contributed by atoms with Gasteiger partial charge in [0.15, 0.2) is 0 Å². The predicted octanol–water partition coefficient (Wildman–Crippen LogP) is 3.99. The Labute approximate surface area is 157 Å². The summed E-state index contributed by atoms with van der Waals surface area (Å²) in [5, 5.41) is 12.2. The molecule has 0 aliphatic rings. The zero-order chi connectivity index (χ0) is 18.7. The first kappa shape index (κ1) is 18.2. The molecule has 26 heavy (non-hydrogen) atoms. The van der Waals surface area contributed by atoms with Crippen molar-refractivity contribution in [2.45, 2.75) is 39.8 Å². The van der Waals surface area contributed by atoms with E-state index in [1.54, 1.807) is 10.9 Å². The van der Waals surface area contributed by atoms with Crippen molar-refractivity contribution in [3.05, 3.63) is 64.7 Å². The van der Waals surface area contributed by atoms with E-state index in [0.29, 0.717) is 18.0 Å². The third kappa shape index (κ3) is 3.80. The molecule has 1 aromatic carbocycles. The second-order valence-corrected chi connectivity index (χ2v) is 6.62. The molecular formula is C19H22ClN5O. The molecule has 0 aliphatic heterocycles. The second kappa shape index (κ2) is 7.74. The summed E-state index contributed by atoms with van der Waals surface area (Å²) in [7, 11) is 0. The van der Waals surface area contributed by atoms with Gasteiger partial charge in [-0.05, 0) is 44.0 Å². The van der Waals surface area contributed by atoms with Gasteiger partial charge in [-0.2, -0.15) is 10.2 Å². The average molecular weight is 372 g/mol. The molecule has 0 aliphatic carbocycles. The van der Waals surface area contributed by atoms with Crippen molar-refractivity contribution in [2.75, 3.05) is 5.32 Å². The molecule has 0 saturated heterocycles. The van der Waals surface area contributed by atoms with E-state index in [-0.39, 0.29) is 5.91 Å². The van der Waals surface area contributed by atoms with Crippen LogP contribution in [0.25, 0.3) is 0 Å². The number of aryl methyl sites for hydroxylation is 1. The molecule has 1 atom stereocenters. The summed E-state index contributed by atoms with van der Waals surface area (Å²) in [6.07, 6.45) is 4.28. The zero-order valence-corrected chi connectivity index (χ0v) is 15.9. The summed E-state index contributed by atoms with van der Waals surface area (Å²) >= 11 is 6.23. The normalized spacial score (nSPS) is 12.2. The lowest BCUT2D eigenvalue weighted by Crippen LogP contribution is -2.27. The van der Waals surface area contributed by atoms with Crippen LogP contribution in [0.3, 0.4) is 0 Å². The number of hydrogen-bond acceptors (Lipinski definition) is 3. The molecule has 1 amide bonds. The van der Waals surface area contributed by atoms with Crippen LogP contribution < -0.4 is 5.32 Å². The molecule has 1 unspecified atom stereocenters. The maximum atomic E-state index is 12.8. The van der Waals surface area contributed by atoms with Gasteiger partial charge < -0.3 is 5.32 Å². The topological polar surface area (TPSA) is 64.7 Å². The molecule has 2 heterocycles. The molecule has 0 spiro atoms. The van der Waals surface area contributed by atoms with Crippen LogP contribution in [0.5, 0.6) is 0 Å². The van der Waals surface area contributed by atoms with Crippen LogP contribution in [-0.2, 0) is 11.3 Å². The number of benzene rings is 1. The highest BCUT2D eigenvalue weighted by atomic mass is 35.5. The fourth-order valence-corrected chi connectivity index (χ4v) is 3.09. The smallest absolute Gasteiger partial charge is 0.249 e. The van der Waals surface area contributed by atoms with Gasteiger partial charge in [-0.15, -0.1) is 0 Å². The predicted molar refractivity (Wildman–Crippen MR) is 102 cm³/mol. The van der Waals surface area contributed by atoms with E-state index in [2.05, 4.69) is 15.5 Å². The summed E-state index contributed by atoms with van der Waals surface area (Å²) < 4.78 is 3.55. The number of anilines is 1. The first-order valence-electron chi connectivity index (χ1n) is 8.58. The van der Waals surface area contributed by atoms with Crippen LogP contribution >= 0.6 is 11.6 Å². The summed E-state index contributed by atoms with van der Waals surface area (Å²) in [5.74, 6) is -0.106. The third-order valence-corrected chi connectivity index (χ3v) is 4.87. The van der Waals surface area contributed by atoms with Gasteiger partial charge in [-0.1, -0.05) is 30.7 Å². The zero-order valence-electron chi connectivity index (χ0n) is 15.1. The molecule has 0 fully saturated rings. The van der Waals surface area contributed by atoms with Crippen LogP contribution in [0, 0.1) is 13.8 Å². The van der Waals surface area contributed by atoms with Crippen LogP contribution in [0.4, 0.5) is 5.69 Å². The fraction of sp³-hybridized carbons (Fsp3) is 0.316. The maximum absolute atomic E-state index is 12.8. The van der Waals surface area contributed by atoms with Crippen molar-refractivity contribution in [1.82, 2.24) is 19.6 Å². The molecule has 0 radical (unpaired) electrons. The molecule has 6 nitrogen and oxygen atoms in total. The Bertz CT molecular complexity index is 901. The number of halogens is 1. The average Bonchev–Trinajstić information content (AvgIpc) is 3.21. The molecule has 1 N–H and O–H groups in total. The second-order valence-electron chi connectivity index (χ2n) is 6.25. The molecule has 3 aromatic rings. The Kier molecular flexibility index (Phi) is 5.42. The minimum Gasteiger partial charge on any atom is -0.324 e. The monoisotopic (exact) mass is 371 g/mol. The van der Waals surface area contributed by atoms with Gasteiger partial charge in [0.2, 0.25) is 5.91 Å². The number of hydrogen-bond donors (Lipinski definition) is 1. The van der Waals surface area contributed by atoms with Gasteiger partial charge >= 0.3 is 0 Å². The summed E-state index contributed by atoms with van der Waals surface area (Å²) in [6.45, 7) is 6.34. The Morgan fingerprint density at radius 2 is 2.12 bits per heavy atom. The van der Waals surface area contributed by atoms with Gasteiger partial charge in [0, 0.05) is 18.1 Å². The largest absolute Gasteiger partial charge is 0.324 e. The number of carbonyl (C=O) groups excluding carboxylic acids is 1. The van der Waals surface area contributed by atoms with E-state index in [1.807, 2.05) is 62.0 Å². The Hall–Kier alpha value is -2.60. The lowest BCUT2D eigenvalue weighted by Gasteiger charge is -2.17. The van der Waals surface area contributed by atoms with Crippen molar-refractivity contribution in [3.63, 3.8) is 0 Å². The van der Waals surface area contributed by atoms with Crippen LogP contribution in [0.15, 0.2) is 42.7 Å². The first-order chi connectivity index (χ1) is 12.5. The minimum absolute atomic E-state index is 0.106. The maximum Gasteiger partial charge on any atom is 0.249 e. The van der Waals surface area contributed by atoms with Crippen LogP contribution in [-0.4, -0.2) is 25.5 Å². The van der Waals surface area contributed by atoms with E-state index in [0.717, 1.165) is 22.6 Å². The molecule has 7 heteroatoms. The van der Waals surface area contributed by atoms with E-state index in [1.165, 1.54) is 0 Å². The van der Waals surface area contributed by atoms with Crippen molar-refractivity contribution in [3.8, 4) is 0 Å². The van der Waals surface area contributed by atoms with Gasteiger partial charge in [0.05, 0.1) is 23.0 Å². The summed E-state index contributed by atoms with van der Waals surface area (Å²) in [6, 6.07) is 9.25. The van der Waals surface area contributed by atoms with Crippen LogP contribution in [0.1, 0.15) is 36.3 Å². The molecule has 3 rings (SSSR count). The summed E-state index contributed by atoms with van der Waals surface area (Å²) in [5.41, 5.74) is 3.36. The fourth-order valence-electron chi connectivity index (χ4n) is 2.97. The summed E-state index contributed by atoms with van der Waals surface area (Å²) in [4.78, 5) is 12.8. The Morgan fingerprint density at radius 1 is 1.31 bits per heavy atom. The van der Waals surface area contributed by atoms with Gasteiger partial charge in [-0.25, -0.2) is 0 Å². The first-order valence-corrected chi connectivity index (χ1v) is 8.95. The Balaban J connectivity index is 1.76. The molecule has 0 saturated carbocycles. The highest BCUT2D eigenvalue weighted by Gasteiger charge is 2.23. The highest BCUT2D eigenvalue weighted by molar-refractivity contribution is 6.31. The Morgan fingerprint density at radius 3 is 2.73 bits per heavy atom. The van der Waals surface area contributed by atoms with E-state index in [4.69, 9.17) is 11.6 Å². The number of nitrogens with one attached hydrogen (secondary N) is 1. The van der Waals surface area contributed by atoms with E-state index >= 15 is 0 Å². The highest BCUT2D eigenvalue weighted by Crippen LogP contribution is 2.25. The van der Waals surface area contributed by atoms with Crippen molar-refractivity contribution in [1.29, 1.82) is 0 Å². The lowest BCUT2D eigenvalue weighted by molar-refractivity contribution is -0.119. The van der Waals surface area contributed by atoms with Crippen molar-refractivity contribution >= 4 is 23.2 Å². The molecular weight excluding hydrogens is 350 g/mol. The number of aromatic nitrogens is 4. The number of carbonyl (C=O) groups is 1. The number of nitrogens with zero attached hydrogens (tertiary/aromatic N) is 4. The number of rotatable bonds is 6. The van der Waals surface area contributed by atoms with Gasteiger partial charge in [-0.3, -0.25) is 14.2 Å². The molecule has 0 bridgehead atoms. The quantitative estimate of drug-likeness (QED) is 0.712. The van der Waals surface area contributed by atoms with Crippen molar-refractivity contribution < 1.29 is 4.79 Å². The van der Waals surface area contributed by atoms with Gasteiger partial charge in [0.1, 0.15) is 6.04 Å². The minimum atomic E-state index is -0.407. The van der Waals surface area contributed by atoms with E-state index in [9.17, 15) is 4.79 Å². The lowest BCUT2D eigenvalue weighted by atomic mass is 10.1. The van der Waals surface area contributed by atoms with Crippen LogP contribution in [0.2, 0.25) is 5.02 Å². The van der Waals surface area contributed by atoms with Gasteiger partial charge in [0.25, 0.3) is 0 Å². The van der Waals surface area contributed by atoms with E-state index < -0.39 is 6.04 Å². The standard InChI is InChI=1S/C19H22ClN5O/c1-4-17(25-14(3)18(20)13(2)23-25)19(26)22-16-8-5-7-15(11-16)12-24-10-6-9-21-24/h5-11,17H,4,12H2,1-3H3,(H,22,26). The van der Waals surface area contributed by atoms with Crippen molar-refractivity contribution in [2.24, 2.45) is 0 Å².